The highest BCUT2D eigenvalue weighted by molar-refractivity contribution is 6.39. The number of ether oxygens (including phenoxy) is 2. The Morgan fingerprint density at radius 1 is 0.800 bits per heavy atom. The predicted octanol–water partition coefficient (Wildman–Crippen LogP) is 8.28. The molecule has 0 saturated carbocycles. The normalized spacial score (nSPS) is 14.2. The first-order valence-corrected chi connectivity index (χ1v) is 14.8. The van der Waals surface area contributed by atoms with Crippen molar-refractivity contribution in [3.63, 3.8) is 0 Å². The molecule has 4 amide bonds. The first-order valence-electron chi connectivity index (χ1n) is 14.1. The number of urea groups is 1. The van der Waals surface area contributed by atoms with E-state index in [0.717, 1.165) is 32.4 Å². The number of benzene rings is 5. The smallest absolute Gasteiger partial charge is 0.335 e. The zero-order valence-electron chi connectivity index (χ0n) is 24.1. The molecule has 5 aromatic rings. The largest absolute Gasteiger partial charge is 0.489 e. The van der Waals surface area contributed by atoms with E-state index in [0.29, 0.717) is 40.3 Å². The first kappa shape index (κ1) is 29.9. The highest BCUT2D eigenvalue weighted by atomic mass is 35.5. The van der Waals surface area contributed by atoms with Crippen LogP contribution in [0.3, 0.4) is 0 Å². The molecule has 5 aromatic carbocycles. The van der Waals surface area contributed by atoms with Crippen molar-refractivity contribution in [3.8, 4) is 11.5 Å². The number of carbonyl (C=O) groups is 3. The van der Waals surface area contributed by atoms with Gasteiger partial charge in [0.2, 0.25) is 0 Å². The van der Waals surface area contributed by atoms with Crippen molar-refractivity contribution in [2.75, 3.05) is 4.90 Å². The highest BCUT2D eigenvalue weighted by Gasteiger charge is 2.36. The fourth-order valence-electron chi connectivity index (χ4n) is 5.01. The quantitative estimate of drug-likeness (QED) is 0.137. The Labute approximate surface area is 269 Å². The number of hydrogen-bond donors (Lipinski definition) is 1. The Kier molecular flexibility index (Phi) is 8.56. The van der Waals surface area contributed by atoms with Crippen molar-refractivity contribution >= 4 is 63.6 Å². The van der Waals surface area contributed by atoms with Gasteiger partial charge in [0, 0.05) is 10.6 Å². The van der Waals surface area contributed by atoms with Gasteiger partial charge in [-0.05, 0) is 89.0 Å². The standard InChI is InChI=1S/C36H26Cl2N2O5/c1-22-6-10-25-4-2-3-5-29(25)31(22)21-45-33-17-9-24(19-32(33)38)18-30-34(41)39-36(43)40(35(30)42)27-13-15-28(16-14-27)44-20-23-7-11-26(37)12-8-23/h2-19H,20-21H2,1H3,(H,39,41,43)/b30-18+. The molecule has 1 aliphatic heterocycles. The van der Waals surface area contributed by atoms with Crippen LogP contribution in [0.15, 0.2) is 109 Å². The monoisotopic (exact) mass is 636 g/mol. The van der Waals surface area contributed by atoms with Crippen LogP contribution in [0.2, 0.25) is 10.0 Å². The topological polar surface area (TPSA) is 84.9 Å². The van der Waals surface area contributed by atoms with Crippen LogP contribution in [-0.4, -0.2) is 17.8 Å². The van der Waals surface area contributed by atoms with Crippen molar-refractivity contribution in [2.45, 2.75) is 20.1 Å². The maximum absolute atomic E-state index is 13.4. The predicted molar refractivity (Wildman–Crippen MR) is 176 cm³/mol. The number of aryl methyl sites for hydroxylation is 1. The lowest BCUT2D eigenvalue weighted by Gasteiger charge is -2.26. The van der Waals surface area contributed by atoms with Gasteiger partial charge in [-0.25, -0.2) is 9.69 Å². The van der Waals surface area contributed by atoms with Crippen LogP contribution in [0, 0.1) is 6.92 Å². The maximum atomic E-state index is 13.4. The summed E-state index contributed by atoms with van der Waals surface area (Å²) in [4.78, 5) is 39.7. The molecule has 7 nitrogen and oxygen atoms in total. The molecule has 0 bridgehead atoms. The molecule has 45 heavy (non-hydrogen) atoms. The SMILES string of the molecule is Cc1ccc2ccccc2c1COc1ccc(/C=C2\C(=O)NC(=O)N(c3ccc(OCc4ccc(Cl)cc4)cc3)C2=O)cc1Cl. The molecular weight excluding hydrogens is 611 g/mol. The number of hydrogen-bond acceptors (Lipinski definition) is 5. The number of amides is 4. The molecule has 0 atom stereocenters. The number of halogens is 2. The summed E-state index contributed by atoms with van der Waals surface area (Å²) in [5.41, 5.74) is 3.65. The summed E-state index contributed by atoms with van der Waals surface area (Å²) in [5.74, 6) is -0.563. The van der Waals surface area contributed by atoms with E-state index in [1.165, 1.54) is 6.08 Å². The summed E-state index contributed by atoms with van der Waals surface area (Å²) < 4.78 is 11.9. The van der Waals surface area contributed by atoms with Gasteiger partial charge in [-0.2, -0.15) is 0 Å². The molecule has 224 valence electrons. The van der Waals surface area contributed by atoms with Gasteiger partial charge >= 0.3 is 6.03 Å². The van der Waals surface area contributed by atoms with E-state index in [1.807, 2.05) is 31.2 Å². The van der Waals surface area contributed by atoms with E-state index in [9.17, 15) is 14.4 Å². The molecular formula is C36H26Cl2N2O5. The molecule has 1 N–H and O–H groups in total. The Morgan fingerprint density at radius 2 is 1.56 bits per heavy atom. The fraction of sp³-hybridized carbons (Fsp3) is 0.0833. The summed E-state index contributed by atoms with van der Waals surface area (Å²) >= 11 is 12.5. The molecule has 0 spiro atoms. The number of imide groups is 2. The van der Waals surface area contributed by atoms with E-state index >= 15 is 0 Å². The molecule has 0 unspecified atom stereocenters. The summed E-state index contributed by atoms with van der Waals surface area (Å²) in [5, 5.41) is 5.42. The molecule has 9 heteroatoms. The zero-order valence-corrected chi connectivity index (χ0v) is 25.6. The summed E-state index contributed by atoms with van der Waals surface area (Å²) in [6.07, 6.45) is 1.39. The molecule has 1 aliphatic rings. The number of anilines is 1. The van der Waals surface area contributed by atoms with Gasteiger partial charge in [-0.3, -0.25) is 14.9 Å². The van der Waals surface area contributed by atoms with Crippen LogP contribution in [0.4, 0.5) is 10.5 Å². The Balaban J connectivity index is 1.16. The number of nitrogens with zero attached hydrogens (tertiary/aromatic N) is 1. The van der Waals surface area contributed by atoms with Crippen LogP contribution in [0.25, 0.3) is 16.8 Å². The van der Waals surface area contributed by atoms with Crippen LogP contribution in [0.5, 0.6) is 11.5 Å². The van der Waals surface area contributed by atoms with E-state index in [2.05, 4.69) is 29.6 Å². The minimum atomic E-state index is -0.845. The molecule has 1 fully saturated rings. The van der Waals surface area contributed by atoms with Crippen LogP contribution in [0.1, 0.15) is 22.3 Å². The summed E-state index contributed by atoms with van der Waals surface area (Å²) in [6.45, 7) is 2.67. The van der Waals surface area contributed by atoms with E-state index < -0.39 is 17.8 Å². The molecule has 1 heterocycles. The lowest BCUT2D eigenvalue weighted by atomic mass is 10.0. The van der Waals surface area contributed by atoms with Crippen molar-refractivity contribution in [1.29, 1.82) is 0 Å². The maximum Gasteiger partial charge on any atom is 0.335 e. The van der Waals surface area contributed by atoms with E-state index in [1.54, 1.807) is 54.6 Å². The number of barbiturate groups is 1. The van der Waals surface area contributed by atoms with E-state index in [-0.39, 0.29) is 11.3 Å². The number of rotatable bonds is 8. The van der Waals surface area contributed by atoms with Crippen molar-refractivity contribution < 1.29 is 23.9 Å². The Hall–Kier alpha value is -5.11. The Morgan fingerprint density at radius 3 is 2.31 bits per heavy atom. The molecule has 0 aromatic heterocycles. The summed E-state index contributed by atoms with van der Waals surface area (Å²) in [7, 11) is 0. The van der Waals surface area contributed by atoms with Crippen molar-refractivity contribution in [1.82, 2.24) is 5.32 Å². The lowest BCUT2D eigenvalue weighted by Crippen LogP contribution is -2.54. The third-order valence-corrected chi connectivity index (χ3v) is 7.98. The first-order chi connectivity index (χ1) is 21.8. The Bertz CT molecular complexity index is 1970. The van der Waals surface area contributed by atoms with Gasteiger partial charge in [0.05, 0.1) is 10.7 Å². The lowest BCUT2D eigenvalue weighted by molar-refractivity contribution is -0.122. The zero-order chi connectivity index (χ0) is 31.5. The van der Waals surface area contributed by atoms with Crippen LogP contribution in [-0.2, 0) is 22.8 Å². The molecule has 6 rings (SSSR count). The summed E-state index contributed by atoms with van der Waals surface area (Å²) in [6, 6.07) is 30.1. The average molecular weight is 638 g/mol. The highest BCUT2D eigenvalue weighted by Crippen LogP contribution is 2.31. The third-order valence-electron chi connectivity index (χ3n) is 7.43. The fourth-order valence-corrected chi connectivity index (χ4v) is 5.38. The van der Waals surface area contributed by atoms with Crippen LogP contribution < -0.4 is 19.7 Å². The number of nitrogens with one attached hydrogen (secondary N) is 1. The van der Waals surface area contributed by atoms with Gasteiger partial charge in [-0.1, -0.05) is 77.8 Å². The minimum absolute atomic E-state index is 0.214. The van der Waals surface area contributed by atoms with Gasteiger partial charge in [0.1, 0.15) is 30.3 Å². The van der Waals surface area contributed by atoms with E-state index in [4.69, 9.17) is 32.7 Å². The van der Waals surface area contributed by atoms with Gasteiger partial charge in [0.15, 0.2) is 0 Å². The molecule has 0 radical (unpaired) electrons. The molecule has 0 aliphatic carbocycles. The molecule has 1 saturated heterocycles. The second-order valence-electron chi connectivity index (χ2n) is 10.4. The average Bonchev–Trinajstić information content (AvgIpc) is 3.03. The number of carbonyl (C=O) groups excluding carboxylic acids is 3. The van der Waals surface area contributed by atoms with Crippen molar-refractivity contribution in [2.24, 2.45) is 0 Å². The third kappa shape index (κ3) is 6.55. The van der Waals surface area contributed by atoms with Gasteiger partial charge < -0.3 is 9.47 Å². The number of fused-ring (bicyclic) bond motifs is 1. The second kappa shape index (κ2) is 12.9. The van der Waals surface area contributed by atoms with Crippen LogP contribution >= 0.6 is 23.2 Å². The second-order valence-corrected chi connectivity index (χ2v) is 11.3. The van der Waals surface area contributed by atoms with Crippen molar-refractivity contribution in [3.05, 3.63) is 141 Å². The minimum Gasteiger partial charge on any atom is -0.489 e. The van der Waals surface area contributed by atoms with Gasteiger partial charge in [0.25, 0.3) is 11.8 Å². The van der Waals surface area contributed by atoms with Gasteiger partial charge in [-0.15, -0.1) is 0 Å².